The molecule has 0 saturated heterocycles. The number of nitrogens with one attached hydrogen (secondary N) is 1. The lowest BCUT2D eigenvalue weighted by molar-refractivity contribution is -0.114. The van der Waals surface area contributed by atoms with Crippen molar-refractivity contribution in [3.05, 3.63) is 41.5 Å². The lowest BCUT2D eigenvalue weighted by atomic mass is 10.3. The summed E-state index contributed by atoms with van der Waals surface area (Å²) in [4.78, 5) is 12.5. The molecule has 0 bridgehead atoms. The van der Waals surface area contributed by atoms with Crippen LogP contribution in [0.1, 0.15) is 24.7 Å². The first kappa shape index (κ1) is 19.9. The Morgan fingerprint density at radius 3 is 2.62 bits per heavy atom. The zero-order valence-electron chi connectivity index (χ0n) is 15.3. The average molecular weight is 382 g/mol. The SMILES string of the molecule is CCCn1nc(C)c(NC(=O)CN(c2cccc(F)c2)S(C)(=O)=O)c1C. The number of rotatable bonds is 7. The summed E-state index contributed by atoms with van der Waals surface area (Å²) in [5.74, 6) is -1.11. The van der Waals surface area contributed by atoms with Gasteiger partial charge in [0.25, 0.3) is 0 Å². The molecule has 1 N–H and O–H groups in total. The maximum atomic E-state index is 13.4. The van der Waals surface area contributed by atoms with Gasteiger partial charge >= 0.3 is 0 Å². The van der Waals surface area contributed by atoms with Gasteiger partial charge in [-0.3, -0.25) is 13.8 Å². The third-order valence-electron chi connectivity index (χ3n) is 3.87. The monoisotopic (exact) mass is 382 g/mol. The summed E-state index contributed by atoms with van der Waals surface area (Å²) in [5, 5.41) is 7.09. The summed E-state index contributed by atoms with van der Waals surface area (Å²) in [7, 11) is -3.76. The molecule has 0 aliphatic rings. The van der Waals surface area contributed by atoms with Crippen LogP contribution in [-0.4, -0.2) is 36.9 Å². The number of hydrogen-bond donors (Lipinski definition) is 1. The normalized spacial score (nSPS) is 11.4. The van der Waals surface area contributed by atoms with Crippen LogP contribution >= 0.6 is 0 Å². The number of anilines is 2. The molecule has 142 valence electrons. The lowest BCUT2D eigenvalue weighted by Gasteiger charge is -2.22. The van der Waals surface area contributed by atoms with E-state index in [4.69, 9.17) is 0 Å². The van der Waals surface area contributed by atoms with E-state index in [2.05, 4.69) is 10.4 Å². The molecule has 0 atom stereocenters. The number of hydrogen-bond acceptors (Lipinski definition) is 4. The Kier molecular flexibility index (Phi) is 6.01. The molecule has 0 saturated carbocycles. The highest BCUT2D eigenvalue weighted by molar-refractivity contribution is 7.92. The van der Waals surface area contributed by atoms with Crippen molar-refractivity contribution in [2.75, 3.05) is 22.4 Å². The van der Waals surface area contributed by atoms with Gasteiger partial charge in [0.15, 0.2) is 0 Å². The fourth-order valence-electron chi connectivity index (χ4n) is 2.65. The van der Waals surface area contributed by atoms with Crippen LogP contribution in [0.4, 0.5) is 15.8 Å². The summed E-state index contributed by atoms with van der Waals surface area (Å²) >= 11 is 0. The van der Waals surface area contributed by atoms with Gasteiger partial charge in [-0.2, -0.15) is 5.10 Å². The number of carbonyl (C=O) groups excluding carboxylic acids is 1. The van der Waals surface area contributed by atoms with Crippen molar-refractivity contribution < 1.29 is 17.6 Å². The number of aryl methyl sites for hydroxylation is 2. The number of aromatic nitrogens is 2. The van der Waals surface area contributed by atoms with Crippen molar-refractivity contribution in [2.45, 2.75) is 33.7 Å². The second-order valence-corrected chi connectivity index (χ2v) is 7.97. The number of benzene rings is 1. The Hall–Kier alpha value is -2.42. The van der Waals surface area contributed by atoms with Gasteiger partial charge in [0.1, 0.15) is 12.4 Å². The van der Waals surface area contributed by atoms with E-state index < -0.39 is 28.3 Å². The van der Waals surface area contributed by atoms with Gasteiger partial charge in [0.2, 0.25) is 15.9 Å². The van der Waals surface area contributed by atoms with Crippen LogP contribution in [0.15, 0.2) is 24.3 Å². The van der Waals surface area contributed by atoms with Crippen LogP contribution in [-0.2, 0) is 21.4 Å². The van der Waals surface area contributed by atoms with E-state index in [1.165, 1.54) is 18.2 Å². The van der Waals surface area contributed by atoms with Gasteiger partial charge in [0, 0.05) is 6.54 Å². The largest absolute Gasteiger partial charge is 0.321 e. The van der Waals surface area contributed by atoms with Crippen LogP contribution in [0.5, 0.6) is 0 Å². The molecule has 2 rings (SSSR count). The quantitative estimate of drug-likeness (QED) is 0.797. The molecular weight excluding hydrogens is 359 g/mol. The first-order valence-corrected chi connectivity index (χ1v) is 10.1. The highest BCUT2D eigenvalue weighted by atomic mass is 32.2. The van der Waals surface area contributed by atoms with Gasteiger partial charge in [-0.25, -0.2) is 12.8 Å². The Morgan fingerprint density at radius 1 is 1.35 bits per heavy atom. The minimum absolute atomic E-state index is 0.0952. The molecule has 0 unspecified atom stereocenters. The molecule has 26 heavy (non-hydrogen) atoms. The Morgan fingerprint density at radius 2 is 2.04 bits per heavy atom. The van der Waals surface area contributed by atoms with Crippen molar-refractivity contribution in [1.29, 1.82) is 0 Å². The molecule has 0 aliphatic heterocycles. The molecule has 0 spiro atoms. The Bertz CT molecular complexity index is 909. The van der Waals surface area contributed by atoms with Crippen LogP contribution in [0.3, 0.4) is 0 Å². The minimum atomic E-state index is -3.76. The zero-order chi connectivity index (χ0) is 19.5. The standard InChI is InChI=1S/C17H23FN4O3S/c1-5-9-21-13(3)17(12(2)20-21)19-16(23)11-22(26(4,24)25)15-8-6-7-14(18)10-15/h6-8,10H,5,9,11H2,1-4H3,(H,19,23). The Balaban J connectivity index is 2.24. The second kappa shape index (κ2) is 7.86. The van der Waals surface area contributed by atoms with Gasteiger partial charge in [-0.1, -0.05) is 13.0 Å². The van der Waals surface area contributed by atoms with Crippen molar-refractivity contribution in [3.63, 3.8) is 0 Å². The smallest absolute Gasteiger partial charge is 0.245 e. The average Bonchev–Trinajstić information content (AvgIpc) is 2.79. The molecule has 0 fully saturated rings. The number of amides is 1. The molecule has 2 aromatic rings. The molecule has 0 aliphatic carbocycles. The molecule has 7 nitrogen and oxygen atoms in total. The molecule has 1 aromatic heterocycles. The minimum Gasteiger partial charge on any atom is -0.321 e. The van der Waals surface area contributed by atoms with Crippen molar-refractivity contribution in [2.24, 2.45) is 0 Å². The fraction of sp³-hybridized carbons (Fsp3) is 0.412. The van der Waals surface area contributed by atoms with Gasteiger partial charge < -0.3 is 5.32 Å². The van der Waals surface area contributed by atoms with Crippen LogP contribution < -0.4 is 9.62 Å². The maximum absolute atomic E-state index is 13.4. The summed E-state index contributed by atoms with van der Waals surface area (Å²) in [6.45, 7) is 5.90. The first-order valence-electron chi connectivity index (χ1n) is 8.20. The summed E-state index contributed by atoms with van der Waals surface area (Å²) in [6.07, 6.45) is 1.87. The number of halogens is 1. The predicted molar refractivity (Wildman–Crippen MR) is 99.2 cm³/mol. The molecule has 1 amide bonds. The van der Waals surface area contributed by atoms with E-state index in [0.717, 1.165) is 35.3 Å². The van der Waals surface area contributed by atoms with Crippen molar-refractivity contribution in [3.8, 4) is 0 Å². The fourth-order valence-corrected chi connectivity index (χ4v) is 3.50. The van der Waals surface area contributed by atoms with Gasteiger partial charge in [-0.05, 0) is 38.5 Å². The zero-order valence-corrected chi connectivity index (χ0v) is 16.1. The second-order valence-electron chi connectivity index (χ2n) is 6.07. The molecular formula is C17H23FN4O3S. The van der Waals surface area contributed by atoms with Crippen LogP contribution in [0.2, 0.25) is 0 Å². The van der Waals surface area contributed by atoms with E-state index in [0.29, 0.717) is 11.4 Å². The molecule has 0 radical (unpaired) electrons. The van der Waals surface area contributed by atoms with Crippen LogP contribution in [0.25, 0.3) is 0 Å². The first-order chi connectivity index (χ1) is 12.1. The highest BCUT2D eigenvalue weighted by Gasteiger charge is 2.22. The van der Waals surface area contributed by atoms with E-state index in [1.807, 2.05) is 13.8 Å². The van der Waals surface area contributed by atoms with Crippen molar-refractivity contribution in [1.82, 2.24) is 9.78 Å². The maximum Gasteiger partial charge on any atom is 0.245 e. The number of carbonyl (C=O) groups is 1. The van der Waals surface area contributed by atoms with E-state index in [-0.39, 0.29) is 5.69 Å². The van der Waals surface area contributed by atoms with Gasteiger partial charge in [0.05, 0.1) is 29.0 Å². The third kappa shape index (κ3) is 4.60. The summed E-state index contributed by atoms with van der Waals surface area (Å²) in [5.41, 5.74) is 2.12. The van der Waals surface area contributed by atoms with E-state index in [9.17, 15) is 17.6 Å². The summed E-state index contributed by atoms with van der Waals surface area (Å²) in [6, 6.07) is 5.11. The topological polar surface area (TPSA) is 84.3 Å². The van der Waals surface area contributed by atoms with Gasteiger partial charge in [-0.15, -0.1) is 0 Å². The van der Waals surface area contributed by atoms with Crippen molar-refractivity contribution >= 4 is 27.3 Å². The molecule has 1 aromatic carbocycles. The number of nitrogens with zero attached hydrogens (tertiary/aromatic N) is 3. The molecule has 1 heterocycles. The lowest BCUT2D eigenvalue weighted by Crippen LogP contribution is -2.37. The number of sulfonamides is 1. The Labute approximate surface area is 152 Å². The predicted octanol–water partition coefficient (Wildman–Crippen LogP) is 2.45. The molecule has 9 heteroatoms. The van der Waals surface area contributed by atoms with E-state index >= 15 is 0 Å². The highest BCUT2D eigenvalue weighted by Crippen LogP contribution is 2.21. The van der Waals surface area contributed by atoms with E-state index in [1.54, 1.807) is 11.6 Å². The summed E-state index contributed by atoms with van der Waals surface area (Å²) < 4.78 is 40.2. The van der Waals surface area contributed by atoms with Crippen LogP contribution in [0, 0.1) is 19.7 Å². The third-order valence-corrected chi connectivity index (χ3v) is 5.01.